The van der Waals surface area contributed by atoms with Gasteiger partial charge in [0.05, 0.1) is 16.1 Å². The minimum Gasteiger partial charge on any atom is -0.478 e. The maximum atomic E-state index is 12.9. The normalized spacial score (nSPS) is 10.7. The summed E-state index contributed by atoms with van der Waals surface area (Å²) in [6, 6.07) is 10.5. The van der Waals surface area contributed by atoms with Crippen molar-refractivity contribution in [1.82, 2.24) is 4.90 Å². The van der Waals surface area contributed by atoms with Gasteiger partial charge in [-0.3, -0.25) is 14.9 Å². The van der Waals surface area contributed by atoms with Crippen molar-refractivity contribution in [3.05, 3.63) is 69.3 Å². The number of carboxylic acids is 1. The van der Waals surface area contributed by atoms with Crippen LogP contribution < -0.4 is 0 Å². The van der Waals surface area contributed by atoms with E-state index in [-0.39, 0.29) is 34.5 Å². The van der Waals surface area contributed by atoms with Gasteiger partial charge in [-0.2, -0.15) is 0 Å². The van der Waals surface area contributed by atoms with E-state index >= 15 is 0 Å². The Labute approximate surface area is 161 Å². The zero-order chi connectivity index (χ0) is 20.1. The zero-order valence-electron chi connectivity index (χ0n) is 15.2. The fourth-order valence-electron chi connectivity index (χ4n) is 2.46. The van der Waals surface area contributed by atoms with Gasteiger partial charge in [0.25, 0.3) is 11.6 Å². The second-order valence-electron chi connectivity index (χ2n) is 6.27. The number of carbonyl (C=O) groups is 2. The molecule has 142 valence electrons. The van der Waals surface area contributed by atoms with Crippen molar-refractivity contribution >= 4 is 29.3 Å². The first kappa shape index (κ1) is 20.4. The lowest BCUT2D eigenvalue weighted by Gasteiger charge is -2.19. The molecule has 0 bridgehead atoms. The maximum Gasteiger partial charge on any atom is 0.335 e. The highest BCUT2D eigenvalue weighted by atomic mass is 32.2. The number of hydrogen-bond acceptors (Lipinski definition) is 5. The lowest BCUT2D eigenvalue weighted by molar-refractivity contribution is -0.384. The first-order valence-corrected chi connectivity index (χ1v) is 9.09. The molecule has 0 fully saturated rings. The highest BCUT2D eigenvalue weighted by molar-refractivity contribution is 8.00. The molecule has 2 aromatic rings. The molecule has 8 heteroatoms. The molecule has 0 heterocycles. The van der Waals surface area contributed by atoms with E-state index in [9.17, 15) is 19.7 Å². The number of hydrogen-bond donors (Lipinski definition) is 1. The van der Waals surface area contributed by atoms with Crippen LogP contribution in [0.4, 0.5) is 5.69 Å². The molecule has 0 saturated heterocycles. The SMILES string of the molecule is CC(C)Sc1ccc([N+](=O)[O-])cc1C(=O)N(C)Cc1ccc(C(=O)O)cc1. The standard InChI is InChI=1S/C19H20N2O5S/c1-12(2)27-17-9-8-15(21(25)26)10-16(17)18(22)20(3)11-13-4-6-14(7-5-13)19(23)24/h4-10,12H,11H2,1-3H3,(H,23,24). The van der Waals surface area contributed by atoms with Crippen LogP contribution in [-0.2, 0) is 6.54 Å². The Bertz CT molecular complexity index is 865. The Hall–Kier alpha value is -2.87. The monoisotopic (exact) mass is 388 g/mol. The summed E-state index contributed by atoms with van der Waals surface area (Å²) in [5, 5.41) is 20.2. The van der Waals surface area contributed by atoms with Gasteiger partial charge in [0, 0.05) is 35.9 Å². The predicted octanol–water partition coefficient (Wildman–Crippen LogP) is 4.07. The predicted molar refractivity (Wildman–Crippen MR) is 103 cm³/mol. The first-order valence-electron chi connectivity index (χ1n) is 8.22. The van der Waals surface area contributed by atoms with Crippen LogP contribution in [0.15, 0.2) is 47.4 Å². The van der Waals surface area contributed by atoms with Crippen LogP contribution in [0.5, 0.6) is 0 Å². The minimum atomic E-state index is -1.02. The summed E-state index contributed by atoms with van der Waals surface area (Å²) in [4.78, 5) is 36.5. The molecular formula is C19H20N2O5S. The van der Waals surface area contributed by atoms with Crippen LogP contribution in [0.3, 0.4) is 0 Å². The number of carboxylic acid groups (broad SMARTS) is 1. The highest BCUT2D eigenvalue weighted by Gasteiger charge is 2.21. The van der Waals surface area contributed by atoms with Crippen LogP contribution >= 0.6 is 11.8 Å². The third kappa shape index (κ3) is 5.30. The van der Waals surface area contributed by atoms with E-state index in [4.69, 9.17) is 5.11 Å². The Morgan fingerprint density at radius 2 is 1.81 bits per heavy atom. The number of carbonyl (C=O) groups excluding carboxylic acids is 1. The summed E-state index contributed by atoms with van der Waals surface area (Å²) in [7, 11) is 1.61. The lowest BCUT2D eigenvalue weighted by atomic mass is 10.1. The molecule has 0 atom stereocenters. The number of amides is 1. The summed E-state index contributed by atoms with van der Waals surface area (Å²) >= 11 is 1.47. The number of aromatic carboxylic acids is 1. The third-order valence-corrected chi connectivity index (χ3v) is 4.82. The van der Waals surface area contributed by atoms with E-state index in [2.05, 4.69) is 0 Å². The zero-order valence-corrected chi connectivity index (χ0v) is 16.0. The molecule has 0 aliphatic carbocycles. The van der Waals surface area contributed by atoms with E-state index in [1.54, 1.807) is 25.2 Å². The average molecular weight is 388 g/mol. The molecule has 0 aromatic heterocycles. The van der Waals surface area contributed by atoms with Crippen molar-refractivity contribution in [3.63, 3.8) is 0 Å². The quantitative estimate of drug-likeness (QED) is 0.436. The van der Waals surface area contributed by atoms with E-state index in [1.807, 2.05) is 13.8 Å². The molecule has 0 spiro atoms. The molecular weight excluding hydrogens is 368 g/mol. The fraction of sp³-hybridized carbons (Fsp3) is 0.263. The van der Waals surface area contributed by atoms with E-state index < -0.39 is 10.9 Å². The fourth-order valence-corrected chi connectivity index (χ4v) is 3.39. The number of nitro groups is 1. The van der Waals surface area contributed by atoms with Gasteiger partial charge in [-0.1, -0.05) is 26.0 Å². The average Bonchev–Trinajstić information content (AvgIpc) is 2.61. The molecule has 27 heavy (non-hydrogen) atoms. The Balaban J connectivity index is 2.27. The van der Waals surface area contributed by atoms with E-state index in [1.165, 1.54) is 40.9 Å². The van der Waals surface area contributed by atoms with Gasteiger partial charge in [-0.05, 0) is 23.8 Å². The molecule has 0 aliphatic heterocycles. The van der Waals surface area contributed by atoms with Gasteiger partial charge >= 0.3 is 5.97 Å². The van der Waals surface area contributed by atoms with Crippen molar-refractivity contribution in [3.8, 4) is 0 Å². The van der Waals surface area contributed by atoms with Crippen LogP contribution in [0, 0.1) is 10.1 Å². The van der Waals surface area contributed by atoms with Crippen LogP contribution in [0.2, 0.25) is 0 Å². The second-order valence-corrected chi connectivity index (χ2v) is 7.89. The van der Waals surface area contributed by atoms with Gasteiger partial charge in [-0.15, -0.1) is 11.8 Å². The number of nitrogens with zero attached hydrogens (tertiary/aromatic N) is 2. The second kappa shape index (κ2) is 8.68. The van der Waals surface area contributed by atoms with Gasteiger partial charge < -0.3 is 10.0 Å². The van der Waals surface area contributed by atoms with Crippen molar-refractivity contribution in [2.24, 2.45) is 0 Å². The first-order chi connectivity index (χ1) is 12.7. The molecule has 2 aromatic carbocycles. The van der Waals surface area contributed by atoms with Crippen molar-refractivity contribution < 1.29 is 19.6 Å². The van der Waals surface area contributed by atoms with Gasteiger partial charge in [0.1, 0.15) is 0 Å². The highest BCUT2D eigenvalue weighted by Crippen LogP contribution is 2.30. The summed E-state index contributed by atoms with van der Waals surface area (Å²) in [6.07, 6.45) is 0. The van der Waals surface area contributed by atoms with Crippen molar-refractivity contribution in [2.75, 3.05) is 7.05 Å². The van der Waals surface area contributed by atoms with Crippen LogP contribution in [-0.4, -0.2) is 39.1 Å². The molecule has 7 nitrogen and oxygen atoms in total. The molecule has 1 amide bonds. The van der Waals surface area contributed by atoms with Gasteiger partial charge in [0.15, 0.2) is 0 Å². The van der Waals surface area contributed by atoms with E-state index in [0.717, 1.165) is 5.56 Å². The summed E-state index contributed by atoms with van der Waals surface area (Å²) in [5.74, 6) is -1.35. The smallest absolute Gasteiger partial charge is 0.335 e. The maximum absolute atomic E-state index is 12.9. The number of rotatable bonds is 7. The molecule has 0 radical (unpaired) electrons. The largest absolute Gasteiger partial charge is 0.478 e. The van der Waals surface area contributed by atoms with Crippen LogP contribution in [0.1, 0.15) is 40.1 Å². The Morgan fingerprint density at radius 1 is 1.19 bits per heavy atom. The van der Waals surface area contributed by atoms with Gasteiger partial charge in [0.2, 0.25) is 0 Å². The number of benzene rings is 2. The summed E-state index contributed by atoms with van der Waals surface area (Å²) < 4.78 is 0. The van der Waals surface area contributed by atoms with Crippen LogP contribution in [0.25, 0.3) is 0 Å². The number of nitro benzene ring substituents is 1. The lowest BCUT2D eigenvalue weighted by Crippen LogP contribution is -2.27. The molecule has 0 saturated carbocycles. The topological polar surface area (TPSA) is 101 Å². The van der Waals surface area contributed by atoms with Crippen molar-refractivity contribution in [1.29, 1.82) is 0 Å². The molecule has 2 rings (SSSR count). The Morgan fingerprint density at radius 3 is 2.33 bits per heavy atom. The third-order valence-electron chi connectivity index (χ3n) is 3.73. The summed E-state index contributed by atoms with van der Waals surface area (Å²) in [6.45, 7) is 4.22. The van der Waals surface area contributed by atoms with E-state index in [0.29, 0.717) is 4.90 Å². The number of thioether (sulfide) groups is 1. The van der Waals surface area contributed by atoms with Crippen molar-refractivity contribution in [2.45, 2.75) is 30.5 Å². The molecule has 0 aliphatic rings. The van der Waals surface area contributed by atoms with Gasteiger partial charge in [-0.25, -0.2) is 4.79 Å². The molecule has 1 N–H and O–H groups in total. The number of non-ortho nitro benzene ring substituents is 1. The summed E-state index contributed by atoms with van der Waals surface area (Å²) in [5.41, 5.74) is 1.08. The Kier molecular flexibility index (Phi) is 6.57. The minimum absolute atomic E-state index is 0.134. The molecule has 0 unspecified atom stereocenters.